The molecule has 1 rings (SSSR count). The van der Waals surface area contributed by atoms with Gasteiger partial charge in [0.2, 0.25) is 15.9 Å². The lowest BCUT2D eigenvalue weighted by molar-refractivity contribution is -0.140. The molecule has 0 spiro atoms. The number of hydrogen-bond acceptors (Lipinski definition) is 6. The highest BCUT2D eigenvalue weighted by atomic mass is 32.2. The number of carbonyl (C=O) groups excluding carboxylic acids is 2. The molecule has 0 radical (unpaired) electrons. The monoisotopic (exact) mass is 330 g/mol. The van der Waals surface area contributed by atoms with Gasteiger partial charge in [-0.1, -0.05) is 0 Å². The van der Waals surface area contributed by atoms with Crippen LogP contribution in [0.25, 0.3) is 0 Å². The van der Waals surface area contributed by atoms with E-state index in [-0.39, 0.29) is 29.5 Å². The molecule has 0 aliphatic heterocycles. The minimum atomic E-state index is -3.81. The summed E-state index contributed by atoms with van der Waals surface area (Å²) in [7, 11) is -1.18. The second kappa shape index (κ2) is 7.76. The molecule has 122 valence electrons. The van der Waals surface area contributed by atoms with Crippen LogP contribution in [0.15, 0.2) is 23.1 Å². The van der Waals surface area contributed by atoms with E-state index in [2.05, 4.69) is 14.8 Å². The van der Waals surface area contributed by atoms with Crippen molar-refractivity contribution in [1.29, 1.82) is 0 Å². The van der Waals surface area contributed by atoms with Gasteiger partial charge in [-0.3, -0.25) is 9.59 Å². The van der Waals surface area contributed by atoms with Gasteiger partial charge < -0.3 is 14.8 Å². The smallest absolute Gasteiger partial charge is 0.306 e. The number of esters is 1. The Morgan fingerprint density at radius 2 is 1.91 bits per heavy atom. The predicted octanol–water partition coefficient (Wildman–Crippen LogP) is 0.495. The first-order valence-corrected chi connectivity index (χ1v) is 7.80. The number of carbonyl (C=O) groups is 2. The Bertz CT molecular complexity index is 656. The molecule has 1 aromatic carbocycles. The summed E-state index contributed by atoms with van der Waals surface area (Å²) in [6.45, 7) is 1.21. The topological polar surface area (TPSA) is 111 Å². The molecule has 0 aromatic heterocycles. The maximum absolute atomic E-state index is 12.1. The average Bonchev–Trinajstić information content (AvgIpc) is 2.46. The summed E-state index contributed by atoms with van der Waals surface area (Å²) < 4.78 is 36.0. The van der Waals surface area contributed by atoms with Crippen LogP contribution in [-0.4, -0.2) is 41.1 Å². The van der Waals surface area contributed by atoms with Crippen molar-refractivity contribution >= 4 is 27.6 Å². The number of sulfonamides is 1. The summed E-state index contributed by atoms with van der Waals surface area (Å²) in [6, 6.07) is 4.05. The van der Waals surface area contributed by atoms with E-state index in [1.165, 1.54) is 39.3 Å². The van der Waals surface area contributed by atoms with Crippen molar-refractivity contribution in [2.75, 3.05) is 26.1 Å². The molecular formula is C13H18N2O6S. The minimum Gasteiger partial charge on any atom is -0.495 e. The lowest BCUT2D eigenvalue weighted by atomic mass is 10.3. The van der Waals surface area contributed by atoms with E-state index < -0.39 is 16.0 Å². The van der Waals surface area contributed by atoms with Crippen LogP contribution < -0.4 is 14.8 Å². The van der Waals surface area contributed by atoms with Gasteiger partial charge in [0.25, 0.3) is 0 Å². The summed E-state index contributed by atoms with van der Waals surface area (Å²) in [4.78, 5) is 22.1. The van der Waals surface area contributed by atoms with Gasteiger partial charge >= 0.3 is 5.97 Å². The molecule has 0 saturated carbocycles. The third-order valence-electron chi connectivity index (χ3n) is 2.64. The molecule has 0 heterocycles. The van der Waals surface area contributed by atoms with Crippen molar-refractivity contribution in [3.8, 4) is 5.75 Å². The molecule has 0 aliphatic carbocycles. The van der Waals surface area contributed by atoms with Gasteiger partial charge in [0.05, 0.1) is 31.2 Å². The lowest BCUT2D eigenvalue weighted by Crippen LogP contribution is -2.26. The summed E-state index contributed by atoms with van der Waals surface area (Å²) in [5.41, 5.74) is 0.242. The number of nitrogens with one attached hydrogen (secondary N) is 2. The van der Waals surface area contributed by atoms with Crippen molar-refractivity contribution in [1.82, 2.24) is 4.72 Å². The van der Waals surface area contributed by atoms with E-state index in [0.29, 0.717) is 5.75 Å². The number of hydrogen-bond donors (Lipinski definition) is 2. The zero-order valence-electron chi connectivity index (χ0n) is 12.5. The van der Waals surface area contributed by atoms with Gasteiger partial charge in [-0.05, 0) is 18.2 Å². The molecule has 0 atom stereocenters. The Labute approximate surface area is 128 Å². The first-order valence-electron chi connectivity index (χ1n) is 6.32. The number of ether oxygens (including phenoxy) is 2. The Hall–Kier alpha value is -2.13. The maximum atomic E-state index is 12.1. The molecule has 0 unspecified atom stereocenters. The van der Waals surface area contributed by atoms with E-state index in [4.69, 9.17) is 4.74 Å². The number of rotatable bonds is 7. The van der Waals surface area contributed by atoms with E-state index in [0.717, 1.165) is 0 Å². The van der Waals surface area contributed by atoms with E-state index in [1.807, 2.05) is 0 Å². The van der Waals surface area contributed by atoms with Crippen LogP contribution in [0.4, 0.5) is 5.69 Å². The second-order valence-electron chi connectivity index (χ2n) is 4.27. The fourth-order valence-corrected chi connectivity index (χ4v) is 2.67. The second-order valence-corrected chi connectivity index (χ2v) is 6.03. The van der Waals surface area contributed by atoms with Crippen molar-refractivity contribution in [2.45, 2.75) is 18.2 Å². The SMILES string of the molecule is COC(=O)CCNS(=O)(=O)c1ccc(OC)c(NC(C)=O)c1. The first-order chi connectivity index (χ1) is 10.3. The molecule has 2 N–H and O–H groups in total. The molecule has 1 amide bonds. The predicted molar refractivity (Wildman–Crippen MR) is 79.1 cm³/mol. The molecule has 0 aliphatic rings. The summed E-state index contributed by atoms with van der Waals surface area (Å²) in [5.74, 6) is -0.536. The molecule has 1 aromatic rings. The third kappa shape index (κ3) is 5.01. The van der Waals surface area contributed by atoms with Gasteiger partial charge in [-0.2, -0.15) is 0 Å². The number of anilines is 1. The van der Waals surface area contributed by atoms with Crippen LogP contribution >= 0.6 is 0 Å². The molecular weight excluding hydrogens is 312 g/mol. The van der Waals surface area contributed by atoms with Crippen LogP contribution in [0.5, 0.6) is 5.75 Å². The normalized spacial score (nSPS) is 10.9. The van der Waals surface area contributed by atoms with Crippen molar-refractivity contribution in [3.05, 3.63) is 18.2 Å². The minimum absolute atomic E-state index is 0.0538. The Morgan fingerprint density at radius 1 is 1.23 bits per heavy atom. The molecule has 22 heavy (non-hydrogen) atoms. The van der Waals surface area contributed by atoms with E-state index in [1.54, 1.807) is 0 Å². The Kier molecular flexibility index (Phi) is 6.32. The summed E-state index contributed by atoms with van der Waals surface area (Å²) in [6.07, 6.45) is -0.0789. The molecule has 0 fully saturated rings. The summed E-state index contributed by atoms with van der Waals surface area (Å²) in [5, 5.41) is 2.49. The van der Waals surface area contributed by atoms with Gasteiger partial charge in [0, 0.05) is 13.5 Å². The number of benzene rings is 1. The van der Waals surface area contributed by atoms with Crippen LogP contribution in [0, 0.1) is 0 Å². The Morgan fingerprint density at radius 3 is 2.45 bits per heavy atom. The van der Waals surface area contributed by atoms with Crippen LogP contribution in [-0.2, 0) is 24.3 Å². The van der Waals surface area contributed by atoms with E-state index in [9.17, 15) is 18.0 Å². The molecule has 0 bridgehead atoms. The number of amides is 1. The van der Waals surface area contributed by atoms with Gasteiger partial charge in [0.15, 0.2) is 0 Å². The van der Waals surface area contributed by atoms with Crippen LogP contribution in [0.2, 0.25) is 0 Å². The van der Waals surface area contributed by atoms with Gasteiger partial charge in [0.1, 0.15) is 5.75 Å². The molecule has 0 saturated heterocycles. The van der Waals surface area contributed by atoms with Crippen molar-refractivity contribution in [3.63, 3.8) is 0 Å². The standard InChI is InChI=1S/C13H18N2O6S/c1-9(16)15-11-8-10(4-5-12(11)20-2)22(18,19)14-7-6-13(17)21-3/h4-5,8,14H,6-7H2,1-3H3,(H,15,16). The van der Waals surface area contributed by atoms with Crippen molar-refractivity contribution < 1.29 is 27.5 Å². The third-order valence-corrected chi connectivity index (χ3v) is 4.10. The fraction of sp³-hybridized carbons (Fsp3) is 0.385. The highest BCUT2D eigenvalue weighted by molar-refractivity contribution is 7.89. The fourth-order valence-electron chi connectivity index (χ4n) is 1.61. The van der Waals surface area contributed by atoms with Crippen LogP contribution in [0.3, 0.4) is 0 Å². The van der Waals surface area contributed by atoms with Gasteiger partial charge in [-0.15, -0.1) is 0 Å². The van der Waals surface area contributed by atoms with E-state index >= 15 is 0 Å². The van der Waals surface area contributed by atoms with Crippen molar-refractivity contribution in [2.24, 2.45) is 0 Å². The Balaban J connectivity index is 2.94. The number of methoxy groups -OCH3 is 2. The highest BCUT2D eigenvalue weighted by Crippen LogP contribution is 2.27. The summed E-state index contributed by atoms with van der Waals surface area (Å²) >= 11 is 0. The van der Waals surface area contributed by atoms with Crippen LogP contribution in [0.1, 0.15) is 13.3 Å². The largest absolute Gasteiger partial charge is 0.495 e. The zero-order chi connectivity index (χ0) is 16.8. The zero-order valence-corrected chi connectivity index (χ0v) is 13.3. The molecule has 9 heteroatoms. The average molecular weight is 330 g/mol. The quantitative estimate of drug-likeness (QED) is 0.704. The maximum Gasteiger partial charge on any atom is 0.306 e. The molecule has 8 nitrogen and oxygen atoms in total. The first kappa shape index (κ1) is 17.9. The van der Waals surface area contributed by atoms with Gasteiger partial charge in [-0.25, -0.2) is 13.1 Å². The lowest BCUT2D eigenvalue weighted by Gasteiger charge is -2.12. The highest BCUT2D eigenvalue weighted by Gasteiger charge is 2.17.